The number of aryl methyl sites for hydroxylation is 2. The van der Waals surface area contributed by atoms with E-state index in [1.54, 1.807) is 11.3 Å². The van der Waals surface area contributed by atoms with Crippen molar-refractivity contribution in [3.63, 3.8) is 0 Å². The fourth-order valence-electron chi connectivity index (χ4n) is 1.72. The van der Waals surface area contributed by atoms with Gasteiger partial charge in [-0.05, 0) is 40.3 Å². The fraction of sp³-hybridized carbons (Fsp3) is 0.471. The van der Waals surface area contributed by atoms with Crippen LogP contribution in [0.25, 0.3) is 0 Å². The van der Waals surface area contributed by atoms with E-state index in [9.17, 15) is 0 Å². The van der Waals surface area contributed by atoms with Crippen LogP contribution in [0.2, 0.25) is 0 Å². The zero-order chi connectivity index (χ0) is 16.5. The minimum Gasteiger partial charge on any atom is -0.304 e. The van der Waals surface area contributed by atoms with Gasteiger partial charge in [-0.25, -0.2) is 4.98 Å². The van der Waals surface area contributed by atoms with E-state index in [1.807, 2.05) is 20.9 Å². The molecule has 4 heteroatoms. The van der Waals surface area contributed by atoms with Crippen LogP contribution in [0.15, 0.2) is 30.3 Å². The first-order chi connectivity index (χ1) is 9.93. The summed E-state index contributed by atoms with van der Waals surface area (Å²) in [5.41, 5.74) is 2.48. The number of thiazole rings is 1. The first-order valence-electron chi connectivity index (χ1n) is 7.30. The van der Waals surface area contributed by atoms with Crippen molar-refractivity contribution in [2.24, 2.45) is 0 Å². The molecule has 1 unspecified atom stereocenters. The van der Waals surface area contributed by atoms with E-state index in [0.717, 1.165) is 5.69 Å². The fourth-order valence-corrected chi connectivity index (χ4v) is 2.76. The zero-order valence-electron chi connectivity index (χ0n) is 14.3. The Morgan fingerprint density at radius 2 is 1.57 bits per heavy atom. The lowest BCUT2D eigenvalue weighted by Crippen LogP contribution is -2.18. The molecule has 1 aromatic carbocycles. The van der Waals surface area contributed by atoms with Gasteiger partial charge in [0.15, 0.2) is 0 Å². The van der Waals surface area contributed by atoms with E-state index in [-0.39, 0.29) is 5.41 Å². The molecule has 0 saturated heterocycles. The van der Waals surface area contributed by atoms with Gasteiger partial charge in [0.1, 0.15) is 5.01 Å². The topological polar surface area (TPSA) is 24.9 Å². The molecule has 1 aromatic heterocycles. The molecule has 0 aliphatic carbocycles. The third-order valence-electron chi connectivity index (χ3n) is 3.06. The Hall–Kier alpha value is -0.760. The zero-order valence-corrected chi connectivity index (χ0v) is 16.3. The highest BCUT2D eigenvalue weighted by atomic mass is 32.1. The first-order valence-corrected chi connectivity index (χ1v) is 8.70. The lowest BCUT2D eigenvalue weighted by Gasteiger charge is -2.22. The summed E-state index contributed by atoms with van der Waals surface area (Å²) >= 11 is 1.81. The summed E-state index contributed by atoms with van der Waals surface area (Å²) in [6, 6.07) is 10.6. The maximum absolute atomic E-state index is 4.68. The molecule has 2 rings (SSSR count). The summed E-state index contributed by atoms with van der Waals surface area (Å²) in [7, 11) is 4.17. The SMILES string of the molecule is CC.CNP.Cc1nc(C(C)(C)c2ccccc2)sc1C. The molecule has 1 atom stereocenters. The van der Waals surface area contributed by atoms with Crippen LogP contribution in [-0.4, -0.2) is 12.0 Å². The Balaban J connectivity index is 0.000000713. The molecule has 0 radical (unpaired) electrons. The molecule has 2 nitrogen and oxygen atoms in total. The van der Waals surface area contributed by atoms with Crippen molar-refractivity contribution in [1.82, 2.24) is 10.1 Å². The summed E-state index contributed by atoms with van der Waals surface area (Å²) < 4.78 is 0. The van der Waals surface area contributed by atoms with Crippen LogP contribution in [0.1, 0.15) is 48.8 Å². The van der Waals surface area contributed by atoms with E-state index in [1.165, 1.54) is 15.4 Å². The number of nitrogens with one attached hydrogen (secondary N) is 1. The van der Waals surface area contributed by atoms with Crippen molar-refractivity contribution < 1.29 is 0 Å². The highest BCUT2D eigenvalue weighted by molar-refractivity contribution is 7.13. The van der Waals surface area contributed by atoms with Crippen LogP contribution >= 0.6 is 20.7 Å². The van der Waals surface area contributed by atoms with Crippen LogP contribution in [0.4, 0.5) is 0 Å². The predicted molar refractivity (Wildman–Crippen MR) is 100 cm³/mol. The molecule has 0 aliphatic rings. The van der Waals surface area contributed by atoms with Crippen molar-refractivity contribution in [2.75, 3.05) is 7.05 Å². The standard InChI is InChI=1S/C14H17NS.C2H6.CH6NP/c1-10-11(2)16-13(15-10)14(3,4)12-8-6-5-7-9-12;1-2;1-2-3/h5-9H,1-4H3;1-2H3;2H,3H2,1H3. The van der Waals surface area contributed by atoms with Gasteiger partial charge >= 0.3 is 0 Å². The van der Waals surface area contributed by atoms with Gasteiger partial charge in [-0.15, -0.1) is 11.3 Å². The Kier molecular flexibility index (Phi) is 9.68. The highest BCUT2D eigenvalue weighted by Gasteiger charge is 2.26. The Morgan fingerprint density at radius 1 is 1.10 bits per heavy atom. The molecule has 0 saturated carbocycles. The summed E-state index contributed by atoms with van der Waals surface area (Å²) in [6.45, 7) is 12.7. The van der Waals surface area contributed by atoms with Gasteiger partial charge in [-0.3, -0.25) is 0 Å². The minimum atomic E-state index is 0.00491. The number of aromatic nitrogens is 1. The van der Waals surface area contributed by atoms with Crippen molar-refractivity contribution in [1.29, 1.82) is 0 Å². The molecule has 0 amide bonds. The molecule has 118 valence electrons. The Bertz CT molecular complexity index is 487. The molecular weight excluding hydrogens is 295 g/mol. The van der Waals surface area contributed by atoms with Crippen molar-refractivity contribution in [3.05, 3.63) is 51.5 Å². The maximum atomic E-state index is 4.68. The lowest BCUT2D eigenvalue weighted by molar-refractivity contribution is 0.633. The quantitative estimate of drug-likeness (QED) is 0.777. The average molecular weight is 324 g/mol. The second-order valence-corrected chi connectivity index (χ2v) is 6.72. The molecule has 1 heterocycles. The second kappa shape index (κ2) is 10.0. The lowest BCUT2D eigenvalue weighted by atomic mass is 9.85. The first kappa shape index (κ1) is 20.2. The Labute approximate surface area is 136 Å². The smallest absolute Gasteiger partial charge is 0.103 e. The van der Waals surface area contributed by atoms with Crippen LogP contribution in [0, 0.1) is 13.8 Å². The number of benzene rings is 1. The van der Waals surface area contributed by atoms with Crippen LogP contribution in [-0.2, 0) is 5.41 Å². The average Bonchev–Trinajstić information content (AvgIpc) is 2.83. The van der Waals surface area contributed by atoms with Gasteiger partial charge < -0.3 is 5.09 Å². The summed E-state index contributed by atoms with van der Waals surface area (Å²) in [5.74, 6) is 0. The highest BCUT2D eigenvalue weighted by Crippen LogP contribution is 2.34. The van der Waals surface area contributed by atoms with E-state index < -0.39 is 0 Å². The van der Waals surface area contributed by atoms with E-state index in [2.05, 4.69) is 77.5 Å². The van der Waals surface area contributed by atoms with Crippen LogP contribution < -0.4 is 5.09 Å². The van der Waals surface area contributed by atoms with Gasteiger partial charge in [0.25, 0.3) is 0 Å². The molecular formula is C17H29N2PS. The predicted octanol–water partition coefficient (Wildman–Crippen LogP) is 5.11. The third kappa shape index (κ3) is 5.86. The minimum absolute atomic E-state index is 0.00491. The second-order valence-electron chi connectivity index (χ2n) is 4.94. The van der Waals surface area contributed by atoms with E-state index in [4.69, 9.17) is 0 Å². The number of nitrogens with zero attached hydrogens (tertiary/aromatic N) is 1. The number of hydrogen-bond acceptors (Lipinski definition) is 3. The number of hydrogen-bond donors (Lipinski definition) is 1. The van der Waals surface area contributed by atoms with Crippen LogP contribution in [0.3, 0.4) is 0 Å². The van der Waals surface area contributed by atoms with Crippen molar-refractivity contribution >= 4 is 20.7 Å². The summed E-state index contributed by atoms with van der Waals surface area (Å²) in [5, 5.41) is 3.87. The van der Waals surface area contributed by atoms with Crippen molar-refractivity contribution in [3.8, 4) is 0 Å². The molecule has 1 N–H and O–H groups in total. The normalized spacial score (nSPS) is 10.1. The number of rotatable bonds is 2. The molecule has 0 fully saturated rings. The van der Waals surface area contributed by atoms with Crippen molar-refractivity contribution in [2.45, 2.75) is 47.0 Å². The summed E-state index contributed by atoms with van der Waals surface area (Å²) in [4.78, 5) is 6.00. The monoisotopic (exact) mass is 324 g/mol. The van der Waals surface area contributed by atoms with E-state index >= 15 is 0 Å². The van der Waals surface area contributed by atoms with Gasteiger partial charge in [0.2, 0.25) is 0 Å². The van der Waals surface area contributed by atoms with Crippen LogP contribution in [0.5, 0.6) is 0 Å². The maximum Gasteiger partial charge on any atom is 0.103 e. The Morgan fingerprint density at radius 3 is 1.95 bits per heavy atom. The van der Waals surface area contributed by atoms with Gasteiger partial charge in [0, 0.05) is 10.3 Å². The van der Waals surface area contributed by atoms with Gasteiger partial charge in [-0.2, -0.15) is 0 Å². The van der Waals surface area contributed by atoms with E-state index in [0.29, 0.717) is 0 Å². The molecule has 0 bridgehead atoms. The molecule has 0 spiro atoms. The third-order valence-corrected chi connectivity index (χ3v) is 4.46. The summed E-state index contributed by atoms with van der Waals surface area (Å²) in [6.07, 6.45) is 0. The molecule has 2 aromatic rings. The largest absolute Gasteiger partial charge is 0.304 e. The van der Waals surface area contributed by atoms with Gasteiger partial charge in [-0.1, -0.05) is 53.6 Å². The molecule has 21 heavy (non-hydrogen) atoms. The van der Waals surface area contributed by atoms with Gasteiger partial charge in [0.05, 0.1) is 5.69 Å². The molecule has 0 aliphatic heterocycles.